The number of aromatic amines is 2. The van der Waals surface area contributed by atoms with Crippen LogP contribution in [0.25, 0.3) is 0 Å². The Bertz CT molecular complexity index is 421. The molecule has 0 unspecified atom stereocenters. The molecule has 0 spiro atoms. The summed E-state index contributed by atoms with van der Waals surface area (Å²) in [6.07, 6.45) is 1.01. The minimum Gasteiger partial charge on any atom is -0.396 e. The third-order valence-electron chi connectivity index (χ3n) is 1.72. The second kappa shape index (κ2) is 4.56. The summed E-state index contributed by atoms with van der Waals surface area (Å²) >= 11 is 0. The standard InChI is InChI=1S/C7H11N3O4/c11-4-2-1-3-10-6(13)8-5(12)9-7(10)14/h11H,1-4H2,(H2,8,9,12,13,14). The van der Waals surface area contributed by atoms with Crippen LogP contribution in [0.5, 0.6) is 0 Å². The molecule has 3 N–H and O–H groups in total. The summed E-state index contributed by atoms with van der Waals surface area (Å²) in [5.41, 5.74) is -2.26. The van der Waals surface area contributed by atoms with Crippen molar-refractivity contribution >= 4 is 0 Å². The zero-order chi connectivity index (χ0) is 10.6. The molecule has 0 aliphatic carbocycles. The van der Waals surface area contributed by atoms with Crippen LogP contribution in [0.4, 0.5) is 0 Å². The molecule has 0 saturated heterocycles. The quantitative estimate of drug-likeness (QED) is 0.489. The predicted octanol–water partition coefficient (Wildman–Crippen LogP) is -2.00. The van der Waals surface area contributed by atoms with E-state index in [1.54, 1.807) is 0 Å². The smallest absolute Gasteiger partial charge is 0.333 e. The fourth-order valence-electron chi connectivity index (χ4n) is 1.04. The fourth-order valence-corrected chi connectivity index (χ4v) is 1.04. The van der Waals surface area contributed by atoms with E-state index in [4.69, 9.17) is 5.11 Å². The summed E-state index contributed by atoms with van der Waals surface area (Å²) in [5.74, 6) is 0. The van der Waals surface area contributed by atoms with Crippen LogP contribution in [0.3, 0.4) is 0 Å². The lowest BCUT2D eigenvalue weighted by Gasteiger charge is -2.00. The highest BCUT2D eigenvalue weighted by molar-refractivity contribution is 4.68. The fraction of sp³-hybridized carbons (Fsp3) is 0.571. The molecule has 1 aromatic heterocycles. The summed E-state index contributed by atoms with van der Waals surface area (Å²) in [5, 5.41) is 8.50. The van der Waals surface area contributed by atoms with Crippen LogP contribution in [0.2, 0.25) is 0 Å². The van der Waals surface area contributed by atoms with Crippen molar-refractivity contribution in [3.63, 3.8) is 0 Å². The van der Waals surface area contributed by atoms with E-state index in [1.807, 2.05) is 9.97 Å². The number of unbranched alkanes of at least 4 members (excludes halogenated alkanes) is 1. The van der Waals surface area contributed by atoms with Crippen molar-refractivity contribution in [3.05, 3.63) is 31.5 Å². The second-order valence-corrected chi connectivity index (χ2v) is 2.77. The summed E-state index contributed by atoms with van der Waals surface area (Å²) in [7, 11) is 0. The molecule has 0 saturated carbocycles. The van der Waals surface area contributed by atoms with Gasteiger partial charge in [-0.25, -0.2) is 19.0 Å². The number of aliphatic hydroxyl groups is 1. The van der Waals surface area contributed by atoms with Gasteiger partial charge in [0.2, 0.25) is 0 Å². The SMILES string of the molecule is O=c1[nH]c(=O)n(CCCCO)c(=O)[nH]1. The van der Waals surface area contributed by atoms with Crippen molar-refractivity contribution in [2.75, 3.05) is 6.61 Å². The van der Waals surface area contributed by atoms with E-state index in [0.717, 1.165) is 4.57 Å². The van der Waals surface area contributed by atoms with Crippen molar-refractivity contribution in [3.8, 4) is 0 Å². The number of H-pyrrole nitrogens is 2. The van der Waals surface area contributed by atoms with Crippen molar-refractivity contribution in [2.24, 2.45) is 0 Å². The molecule has 0 bridgehead atoms. The average Bonchev–Trinajstić information content (AvgIpc) is 2.09. The van der Waals surface area contributed by atoms with Gasteiger partial charge in [-0.1, -0.05) is 0 Å². The van der Waals surface area contributed by atoms with E-state index in [0.29, 0.717) is 12.8 Å². The average molecular weight is 201 g/mol. The molecule has 1 rings (SSSR count). The maximum Gasteiger partial charge on any atom is 0.333 e. The zero-order valence-corrected chi connectivity index (χ0v) is 7.45. The minimum absolute atomic E-state index is 0.00993. The predicted molar refractivity (Wildman–Crippen MR) is 48.3 cm³/mol. The highest BCUT2D eigenvalue weighted by Crippen LogP contribution is 1.87. The number of rotatable bonds is 4. The van der Waals surface area contributed by atoms with Crippen molar-refractivity contribution in [2.45, 2.75) is 19.4 Å². The molecule has 0 aliphatic heterocycles. The molecule has 0 amide bonds. The molecule has 0 radical (unpaired) electrons. The highest BCUT2D eigenvalue weighted by atomic mass is 16.3. The van der Waals surface area contributed by atoms with Crippen LogP contribution in [0, 0.1) is 0 Å². The van der Waals surface area contributed by atoms with Crippen molar-refractivity contribution in [1.29, 1.82) is 0 Å². The van der Waals surface area contributed by atoms with Gasteiger partial charge in [0.25, 0.3) is 0 Å². The molecule has 14 heavy (non-hydrogen) atoms. The molecule has 1 aromatic rings. The third kappa shape index (κ3) is 2.43. The molecule has 1 heterocycles. The normalized spacial score (nSPS) is 10.4. The Kier molecular flexibility index (Phi) is 3.41. The molecule has 78 valence electrons. The Hall–Kier alpha value is -1.63. The Morgan fingerprint density at radius 3 is 2.14 bits per heavy atom. The number of hydrogen-bond acceptors (Lipinski definition) is 4. The summed E-state index contributed by atoms with van der Waals surface area (Å²) in [4.78, 5) is 36.7. The monoisotopic (exact) mass is 201 g/mol. The zero-order valence-electron chi connectivity index (χ0n) is 7.45. The second-order valence-electron chi connectivity index (χ2n) is 2.77. The van der Waals surface area contributed by atoms with Crippen LogP contribution >= 0.6 is 0 Å². The first kappa shape index (κ1) is 10.5. The maximum atomic E-state index is 11.1. The van der Waals surface area contributed by atoms with Gasteiger partial charge in [0.1, 0.15) is 0 Å². The van der Waals surface area contributed by atoms with Crippen molar-refractivity contribution < 1.29 is 5.11 Å². The van der Waals surface area contributed by atoms with Crippen molar-refractivity contribution in [1.82, 2.24) is 14.5 Å². The topological polar surface area (TPSA) is 108 Å². The Morgan fingerprint density at radius 1 is 1.07 bits per heavy atom. The summed E-state index contributed by atoms with van der Waals surface area (Å²) in [6.45, 7) is 0.196. The molecule has 0 atom stereocenters. The van der Waals surface area contributed by atoms with E-state index in [-0.39, 0.29) is 13.2 Å². The lowest BCUT2D eigenvalue weighted by molar-refractivity contribution is 0.280. The maximum absolute atomic E-state index is 11.1. The van der Waals surface area contributed by atoms with Gasteiger partial charge in [-0.05, 0) is 12.8 Å². The molecular weight excluding hydrogens is 190 g/mol. The van der Waals surface area contributed by atoms with Crippen LogP contribution in [0.1, 0.15) is 12.8 Å². The van der Waals surface area contributed by atoms with Gasteiger partial charge in [0, 0.05) is 13.2 Å². The molecule has 7 nitrogen and oxygen atoms in total. The first-order valence-corrected chi connectivity index (χ1v) is 4.19. The van der Waals surface area contributed by atoms with Crippen LogP contribution < -0.4 is 17.1 Å². The van der Waals surface area contributed by atoms with Crippen LogP contribution in [-0.2, 0) is 6.54 Å². The Balaban J connectivity index is 2.93. The molecule has 7 heteroatoms. The molecule has 0 aliphatic rings. The number of aliphatic hydroxyl groups excluding tert-OH is 1. The van der Waals surface area contributed by atoms with Crippen LogP contribution in [-0.4, -0.2) is 26.2 Å². The third-order valence-corrected chi connectivity index (χ3v) is 1.72. The number of nitrogens with one attached hydrogen (secondary N) is 2. The van der Waals surface area contributed by atoms with E-state index in [2.05, 4.69) is 0 Å². The number of aromatic nitrogens is 3. The Morgan fingerprint density at radius 2 is 1.64 bits per heavy atom. The first-order chi connectivity index (χ1) is 6.65. The summed E-state index contributed by atoms with van der Waals surface area (Å²) < 4.78 is 0.886. The largest absolute Gasteiger partial charge is 0.396 e. The van der Waals surface area contributed by atoms with Crippen LogP contribution in [0.15, 0.2) is 14.4 Å². The van der Waals surface area contributed by atoms with E-state index < -0.39 is 17.1 Å². The molecular formula is C7H11N3O4. The lowest BCUT2D eigenvalue weighted by atomic mass is 10.3. The lowest BCUT2D eigenvalue weighted by Crippen LogP contribution is -2.43. The van der Waals surface area contributed by atoms with Gasteiger partial charge in [-0.3, -0.25) is 9.97 Å². The van der Waals surface area contributed by atoms with Gasteiger partial charge in [0.15, 0.2) is 0 Å². The Labute approximate surface area is 78.0 Å². The highest BCUT2D eigenvalue weighted by Gasteiger charge is 2.01. The minimum atomic E-state index is -0.807. The van der Waals surface area contributed by atoms with Gasteiger partial charge in [-0.15, -0.1) is 0 Å². The summed E-state index contributed by atoms with van der Waals surface area (Å²) in [6, 6.07) is 0. The molecule has 0 fully saturated rings. The van der Waals surface area contributed by atoms with E-state index in [9.17, 15) is 14.4 Å². The van der Waals surface area contributed by atoms with Gasteiger partial charge < -0.3 is 5.11 Å². The van der Waals surface area contributed by atoms with Gasteiger partial charge in [-0.2, -0.15) is 0 Å². The van der Waals surface area contributed by atoms with E-state index >= 15 is 0 Å². The van der Waals surface area contributed by atoms with Gasteiger partial charge >= 0.3 is 17.1 Å². The number of hydrogen-bond donors (Lipinski definition) is 3. The van der Waals surface area contributed by atoms with E-state index in [1.165, 1.54) is 0 Å². The van der Waals surface area contributed by atoms with Gasteiger partial charge in [0.05, 0.1) is 0 Å². The number of nitrogens with zero attached hydrogens (tertiary/aromatic N) is 1. The molecule has 0 aromatic carbocycles. The first-order valence-electron chi connectivity index (χ1n) is 4.19.